The van der Waals surface area contributed by atoms with Gasteiger partial charge in [0, 0.05) is 45.1 Å². The van der Waals surface area contributed by atoms with Crippen LogP contribution in [0, 0.1) is 13.8 Å². The fraction of sp³-hybridized carbons (Fsp3) is 0.167. The summed E-state index contributed by atoms with van der Waals surface area (Å²) < 4.78 is 6.52. The molecule has 0 atom stereocenters. The maximum Gasteiger partial charge on any atom is 0.341 e. The van der Waals surface area contributed by atoms with Crippen molar-refractivity contribution in [3.05, 3.63) is 174 Å². The molecule has 0 spiro atoms. The summed E-state index contributed by atoms with van der Waals surface area (Å²) in [6.07, 6.45) is 3.89. The van der Waals surface area contributed by atoms with Gasteiger partial charge in [0.15, 0.2) is 5.60 Å². The number of carbonyl (C=O) groups is 1. The lowest BCUT2D eigenvalue weighted by Crippen LogP contribution is -2.23. The number of anilines is 2. The predicted molar refractivity (Wildman–Crippen MR) is 212 cm³/mol. The molecule has 0 fully saturated rings. The number of hydrogen-bond acceptors (Lipinski definition) is 4. The van der Waals surface area contributed by atoms with E-state index in [1.54, 1.807) is 0 Å². The van der Waals surface area contributed by atoms with E-state index in [2.05, 4.69) is 97.1 Å². The summed E-state index contributed by atoms with van der Waals surface area (Å²) in [6.45, 7) is 4.09. The number of hydrogen-bond donors (Lipinski definition) is 0. The van der Waals surface area contributed by atoms with Crippen molar-refractivity contribution in [2.75, 3.05) is 38.0 Å². The van der Waals surface area contributed by atoms with Crippen molar-refractivity contribution in [3.63, 3.8) is 0 Å². The summed E-state index contributed by atoms with van der Waals surface area (Å²) in [5.41, 5.74) is 8.44. The first-order valence-corrected chi connectivity index (χ1v) is 17.6. The zero-order valence-electron chi connectivity index (χ0n) is 28.6. The van der Waals surface area contributed by atoms with Crippen LogP contribution in [0.5, 0.6) is 0 Å². The van der Waals surface area contributed by atoms with E-state index in [0.29, 0.717) is 5.56 Å². The van der Waals surface area contributed by atoms with Gasteiger partial charge in [-0.2, -0.15) is 0 Å². The monoisotopic (exact) mass is 740 g/mol. The Hall–Kier alpha value is -4.19. The molecule has 0 saturated carbocycles. The average Bonchev–Trinajstić information content (AvgIpc) is 3.40. The molecule has 0 aromatic heterocycles. The minimum Gasteiger partial charge on any atom is -0.442 e. The van der Waals surface area contributed by atoms with Crippen molar-refractivity contribution in [1.29, 1.82) is 0 Å². The van der Waals surface area contributed by atoms with Crippen molar-refractivity contribution in [2.24, 2.45) is 0 Å². The summed E-state index contributed by atoms with van der Waals surface area (Å²) in [4.78, 5) is 18.1. The second kappa shape index (κ2) is 14.2. The third-order valence-electron chi connectivity index (χ3n) is 8.96. The van der Waals surface area contributed by atoms with Gasteiger partial charge in [-0.15, -0.1) is 0 Å². The van der Waals surface area contributed by atoms with E-state index in [9.17, 15) is 4.79 Å². The number of fused-ring (bicyclic) bond motifs is 1. The Kier molecular flexibility index (Phi) is 10.1. The van der Waals surface area contributed by atoms with Crippen molar-refractivity contribution < 1.29 is 9.53 Å². The molecule has 5 aromatic rings. The molecule has 0 saturated heterocycles. The maximum atomic E-state index is 14.0. The Morgan fingerprint density at radius 1 is 0.540 bits per heavy atom. The number of carbonyl (C=O) groups excluding carboxylic acids is 1. The lowest BCUT2D eigenvalue weighted by Gasteiger charge is -2.27. The van der Waals surface area contributed by atoms with Crippen molar-refractivity contribution in [2.45, 2.75) is 19.4 Å². The topological polar surface area (TPSA) is 32.8 Å². The van der Waals surface area contributed by atoms with Gasteiger partial charge in [0.2, 0.25) is 0 Å². The lowest BCUT2D eigenvalue weighted by atomic mass is 9.83. The Balaban J connectivity index is 1.74. The molecule has 1 aliphatic rings. The zero-order valence-corrected chi connectivity index (χ0v) is 31.6. The van der Waals surface area contributed by atoms with E-state index in [1.165, 1.54) is 0 Å². The van der Waals surface area contributed by atoms with Crippen molar-refractivity contribution >= 4 is 74.9 Å². The van der Waals surface area contributed by atoms with E-state index in [4.69, 9.17) is 51.1 Å². The summed E-state index contributed by atoms with van der Waals surface area (Å²) in [7, 11) is 7.99. The van der Waals surface area contributed by atoms with Crippen LogP contribution in [0.2, 0.25) is 20.1 Å². The summed E-state index contributed by atoms with van der Waals surface area (Å²) in [5.74, 6) is -0.657. The molecule has 0 bridgehead atoms. The normalized spacial score (nSPS) is 14.0. The fourth-order valence-electron chi connectivity index (χ4n) is 6.13. The molecule has 0 N–H and O–H groups in total. The summed E-state index contributed by atoms with van der Waals surface area (Å²) in [5, 5.41) is 0.117. The second-order valence-corrected chi connectivity index (χ2v) is 14.4. The van der Waals surface area contributed by atoms with Gasteiger partial charge in [0.1, 0.15) is 0 Å². The Morgan fingerprint density at radius 2 is 0.880 bits per heavy atom. The van der Waals surface area contributed by atoms with Crippen LogP contribution in [-0.4, -0.2) is 34.2 Å². The molecule has 0 unspecified atom stereocenters. The molecule has 4 nitrogen and oxygen atoms in total. The van der Waals surface area contributed by atoms with Gasteiger partial charge in [-0.1, -0.05) is 130 Å². The fourth-order valence-corrected chi connectivity index (χ4v) is 7.21. The molecule has 50 heavy (non-hydrogen) atoms. The van der Waals surface area contributed by atoms with Gasteiger partial charge < -0.3 is 14.5 Å². The predicted octanol–water partition coefficient (Wildman–Crippen LogP) is 11.7. The average molecular weight is 743 g/mol. The molecule has 254 valence electrons. The highest BCUT2D eigenvalue weighted by molar-refractivity contribution is 6.53. The van der Waals surface area contributed by atoms with Gasteiger partial charge in [0.25, 0.3) is 0 Å². The summed E-state index contributed by atoms with van der Waals surface area (Å²) in [6, 6.07) is 32.9. The molecule has 6 rings (SSSR count). The minimum absolute atomic E-state index is 0.00569. The molecule has 0 aliphatic carbocycles. The Bertz CT molecular complexity index is 2020. The van der Waals surface area contributed by atoms with E-state index in [0.717, 1.165) is 55.9 Å². The van der Waals surface area contributed by atoms with Crippen LogP contribution in [0.1, 0.15) is 49.3 Å². The SMILES string of the molecule is Cc1ccc(/C(=C\C2(/C=C(\c3ccc(C)cc3)c3ccc(N(C)C)cc3)OC(=O)c3c(Cl)c(Cl)c(Cl)c(Cl)c32)c2ccc(N(C)C)cc2)cc1. The minimum atomic E-state index is -1.57. The van der Waals surface area contributed by atoms with E-state index in [1.807, 2.05) is 64.0 Å². The number of esters is 1. The molecular weight excluding hydrogens is 706 g/mol. The second-order valence-electron chi connectivity index (χ2n) is 12.9. The van der Waals surface area contributed by atoms with E-state index >= 15 is 0 Å². The van der Waals surface area contributed by atoms with Crippen molar-refractivity contribution in [3.8, 4) is 0 Å². The largest absolute Gasteiger partial charge is 0.442 e. The van der Waals surface area contributed by atoms with Gasteiger partial charge in [-0.25, -0.2) is 4.79 Å². The standard InChI is InChI=1S/C42H36Cl4N2O2/c1-25-7-11-27(12-8-25)33(29-15-19-31(20-16-29)47(3)4)23-42(36-35(41(49)50-42)37(43)39(45)40(46)38(36)44)24-34(28-13-9-26(2)10-14-28)30-17-21-32(22-18-30)48(5)6/h7-24H,1-6H3/b33-23+,34-24+. The van der Waals surface area contributed by atoms with Gasteiger partial charge in [-0.3, -0.25) is 0 Å². The van der Waals surface area contributed by atoms with E-state index < -0.39 is 11.6 Å². The molecule has 1 heterocycles. The number of benzene rings is 5. The first-order chi connectivity index (χ1) is 23.8. The van der Waals surface area contributed by atoms with E-state index in [-0.39, 0.29) is 25.7 Å². The number of halogens is 4. The molecule has 0 radical (unpaired) electrons. The smallest absolute Gasteiger partial charge is 0.341 e. The molecular formula is C42H36Cl4N2O2. The third-order valence-corrected chi connectivity index (χ3v) is 10.8. The molecule has 0 amide bonds. The van der Waals surface area contributed by atoms with Crippen LogP contribution in [0.4, 0.5) is 11.4 Å². The number of aryl methyl sites for hydroxylation is 2. The van der Waals surface area contributed by atoms with Crippen LogP contribution in [0.3, 0.4) is 0 Å². The van der Waals surface area contributed by atoms with Gasteiger partial charge in [-0.05, 0) is 83.7 Å². The zero-order chi connectivity index (χ0) is 35.9. The van der Waals surface area contributed by atoms with Gasteiger partial charge >= 0.3 is 5.97 Å². The number of ether oxygens (including phenoxy) is 1. The Morgan fingerprint density at radius 3 is 1.24 bits per heavy atom. The molecule has 8 heteroatoms. The molecule has 1 aliphatic heterocycles. The number of cyclic esters (lactones) is 1. The first-order valence-electron chi connectivity index (χ1n) is 16.0. The first kappa shape index (κ1) is 35.6. The quantitative estimate of drug-likeness (QED) is 0.0900. The highest BCUT2D eigenvalue weighted by atomic mass is 35.5. The maximum absolute atomic E-state index is 14.0. The highest BCUT2D eigenvalue weighted by Crippen LogP contribution is 2.53. The van der Waals surface area contributed by atoms with Crippen LogP contribution in [-0.2, 0) is 10.3 Å². The van der Waals surface area contributed by atoms with Crippen LogP contribution in [0.25, 0.3) is 11.1 Å². The third kappa shape index (κ3) is 6.78. The van der Waals surface area contributed by atoms with Crippen LogP contribution in [0.15, 0.2) is 109 Å². The highest BCUT2D eigenvalue weighted by Gasteiger charge is 2.48. The van der Waals surface area contributed by atoms with Crippen molar-refractivity contribution in [1.82, 2.24) is 0 Å². The summed E-state index contributed by atoms with van der Waals surface area (Å²) >= 11 is 27.2. The lowest BCUT2D eigenvalue weighted by molar-refractivity contribution is 0.0300. The van der Waals surface area contributed by atoms with Gasteiger partial charge in [0.05, 0.1) is 25.7 Å². The van der Waals surface area contributed by atoms with Crippen LogP contribution < -0.4 is 9.80 Å². The number of rotatable bonds is 8. The molecule has 5 aromatic carbocycles. The van der Waals surface area contributed by atoms with Crippen LogP contribution >= 0.6 is 46.4 Å². The Labute approximate surface area is 314 Å². The number of nitrogens with zero attached hydrogens (tertiary/aromatic N) is 2.